The highest BCUT2D eigenvalue weighted by atomic mass is 79.9. The van der Waals surface area contributed by atoms with Gasteiger partial charge in [-0.3, -0.25) is 0 Å². The predicted octanol–water partition coefficient (Wildman–Crippen LogP) is 3.24. The molecule has 1 aliphatic carbocycles. The Hall–Kier alpha value is -1.34. The number of H-pyrrole nitrogens is 1. The summed E-state index contributed by atoms with van der Waals surface area (Å²) in [5.74, 6) is 1.66. The molecule has 1 fully saturated rings. The van der Waals surface area contributed by atoms with Crippen LogP contribution >= 0.6 is 28.1 Å². The van der Waals surface area contributed by atoms with Crippen molar-refractivity contribution in [2.24, 2.45) is 0 Å². The number of ether oxygens (including phenoxy) is 1. The van der Waals surface area contributed by atoms with E-state index >= 15 is 0 Å². The Morgan fingerprint density at radius 1 is 1.37 bits per heavy atom. The Balaban J connectivity index is 2.06. The lowest BCUT2D eigenvalue weighted by molar-refractivity contribution is 0.392. The summed E-state index contributed by atoms with van der Waals surface area (Å²) in [5, 5.41) is 8.02. The van der Waals surface area contributed by atoms with E-state index in [0.29, 0.717) is 28.0 Å². The largest absolute Gasteiger partial charge is 0.480 e. The summed E-state index contributed by atoms with van der Waals surface area (Å²) < 4.78 is 6.42. The second-order valence-electron chi connectivity index (χ2n) is 4.35. The maximum absolute atomic E-state index is 5.27. The molecule has 2 aromatic heterocycles. The average Bonchev–Trinajstić information content (AvgIpc) is 3.26. The van der Waals surface area contributed by atoms with Gasteiger partial charge in [-0.1, -0.05) is 12.2 Å². The summed E-state index contributed by atoms with van der Waals surface area (Å²) in [6, 6.07) is 3.56. The van der Waals surface area contributed by atoms with Crippen molar-refractivity contribution in [1.29, 1.82) is 0 Å². The molecule has 0 unspecified atom stereocenters. The minimum atomic E-state index is 0.474. The molecule has 0 amide bonds. The highest BCUT2D eigenvalue weighted by Crippen LogP contribution is 2.42. The lowest BCUT2D eigenvalue weighted by Crippen LogP contribution is -2.00. The van der Waals surface area contributed by atoms with Gasteiger partial charge in [0.2, 0.25) is 5.88 Å². The van der Waals surface area contributed by atoms with E-state index in [0.717, 1.165) is 10.2 Å². The van der Waals surface area contributed by atoms with Crippen LogP contribution in [0.2, 0.25) is 0 Å². The number of nitrogens with one attached hydrogen (secondary N) is 1. The molecule has 0 radical (unpaired) electrons. The third kappa shape index (κ3) is 2.52. The van der Waals surface area contributed by atoms with Gasteiger partial charge in [0.1, 0.15) is 10.3 Å². The van der Waals surface area contributed by atoms with Gasteiger partial charge < -0.3 is 9.72 Å². The molecular weight excluding hydrogens is 328 g/mol. The Bertz CT molecular complexity index is 666. The van der Waals surface area contributed by atoms with Gasteiger partial charge in [-0.15, -0.1) is 10.2 Å². The third-order valence-corrected chi connectivity index (χ3v) is 4.33. The first-order valence-electron chi connectivity index (χ1n) is 5.87. The molecule has 0 aromatic carbocycles. The van der Waals surface area contributed by atoms with Gasteiger partial charge in [0, 0.05) is 17.7 Å². The molecular formula is C12H11BrN4OS. The van der Waals surface area contributed by atoms with Crippen molar-refractivity contribution in [2.45, 2.75) is 18.8 Å². The van der Waals surface area contributed by atoms with Gasteiger partial charge in [-0.05, 0) is 34.8 Å². The first-order valence-corrected chi connectivity index (χ1v) is 7.07. The third-order valence-electron chi connectivity index (χ3n) is 2.97. The molecule has 0 saturated heterocycles. The Morgan fingerprint density at radius 3 is 2.74 bits per heavy atom. The molecule has 5 nitrogen and oxygen atoms in total. The maximum Gasteiger partial charge on any atom is 0.233 e. The normalized spacial score (nSPS) is 14.4. The van der Waals surface area contributed by atoms with Crippen LogP contribution in [0.4, 0.5) is 0 Å². The summed E-state index contributed by atoms with van der Waals surface area (Å²) in [4.78, 5) is 7.64. The first-order chi connectivity index (χ1) is 9.19. The van der Waals surface area contributed by atoms with Gasteiger partial charge in [0.05, 0.1) is 11.6 Å². The van der Waals surface area contributed by atoms with Crippen molar-refractivity contribution in [2.75, 3.05) is 7.11 Å². The molecule has 2 aromatic rings. The molecule has 1 aliphatic rings. The fourth-order valence-corrected chi connectivity index (χ4v) is 2.52. The molecule has 0 aliphatic heterocycles. The van der Waals surface area contributed by atoms with Crippen molar-refractivity contribution in [3.63, 3.8) is 0 Å². The summed E-state index contributed by atoms with van der Waals surface area (Å²) in [5.41, 5.74) is 1.76. The second kappa shape index (κ2) is 4.97. The van der Waals surface area contributed by atoms with E-state index in [1.807, 2.05) is 6.07 Å². The Morgan fingerprint density at radius 2 is 2.16 bits per heavy atom. The van der Waals surface area contributed by atoms with Crippen LogP contribution in [0, 0.1) is 4.64 Å². The van der Waals surface area contributed by atoms with Crippen LogP contribution in [-0.4, -0.2) is 27.3 Å². The number of hydrogen-bond acceptors (Lipinski definition) is 5. The van der Waals surface area contributed by atoms with E-state index in [4.69, 9.17) is 17.0 Å². The Labute approximate surface area is 123 Å². The average molecular weight is 339 g/mol. The number of aromatic amines is 1. The van der Waals surface area contributed by atoms with E-state index in [9.17, 15) is 0 Å². The topological polar surface area (TPSA) is 63.7 Å². The molecule has 98 valence electrons. The smallest absolute Gasteiger partial charge is 0.233 e. The summed E-state index contributed by atoms with van der Waals surface area (Å²) in [6.07, 6.45) is 2.36. The zero-order chi connectivity index (χ0) is 13.4. The van der Waals surface area contributed by atoms with Crippen LogP contribution in [0.25, 0.3) is 11.5 Å². The van der Waals surface area contributed by atoms with Crippen LogP contribution in [0.15, 0.2) is 16.6 Å². The molecule has 7 heteroatoms. The number of rotatable bonds is 3. The van der Waals surface area contributed by atoms with E-state index in [1.165, 1.54) is 12.8 Å². The zero-order valence-corrected chi connectivity index (χ0v) is 12.6. The van der Waals surface area contributed by atoms with Crippen molar-refractivity contribution < 1.29 is 4.74 Å². The molecule has 1 N–H and O–H groups in total. The summed E-state index contributed by atoms with van der Waals surface area (Å²) in [6.45, 7) is 0. The van der Waals surface area contributed by atoms with Crippen molar-refractivity contribution in [3.05, 3.63) is 26.9 Å². The first kappa shape index (κ1) is 12.7. The quantitative estimate of drug-likeness (QED) is 0.870. The lowest BCUT2D eigenvalue weighted by Gasteiger charge is -2.07. The lowest BCUT2D eigenvalue weighted by atomic mass is 10.2. The van der Waals surface area contributed by atoms with E-state index in [2.05, 4.69) is 36.1 Å². The Kier molecular flexibility index (Phi) is 3.32. The van der Waals surface area contributed by atoms with Gasteiger partial charge >= 0.3 is 0 Å². The van der Waals surface area contributed by atoms with Gasteiger partial charge in [-0.25, -0.2) is 4.98 Å². The fourth-order valence-electron chi connectivity index (χ4n) is 1.81. The summed E-state index contributed by atoms with van der Waals surface area (Å²) >= 11 is 8.77. The molecule has 3 rings (SSSR count). The monoisotopic (exact) mass is 338 g/mol. The number of nitrogens with zero attached hydrogens (tertiary/aromatic N) is 3. The van der Waals surface area contributed by atoms with E-state index in [1.54, 1.807) is 13.2 Å². The molecule has 1 saturated carbocycles. The van der Waals surface area contributed by atoms with E-state index < -0.39 is 0 Å². The van der Waals surface area contributed by atoms with Gasteiger partial charge in [0.15, 0.2) is 5.82 Å². The number of methoxy groups -OCH3 is 1. The minimum Gasteiger partial charge on any atom is -0.480 e. The molecule has 0 bridgehead atoms. The minimum absolute atomic E-state index is 0.474. The van der Waals surface area contributed by atoms with Crippen molar-refractivity contribution in [3.8, 4) is 17.4 Å². The predicted molar refractivity (Wildman–Crippen MR) is 76.7 cm³/mol. The fraction of sp³-hybridized carbons (Fsp3) is 0.333. The highest BCUT2D eigenvalue weighted by Gasteiger charge is 2.27. The van der Waals surface area contributed by atoms with E-state index in [-0.39, 0.29) is 0 Å². The van der Waals surface area contributed by atoms with Crippen molar-refractivity contribution in [1.82, 2.24) is 20.2 Å². The second-order valence-corrected chi connectivity index (χ2v) is 5.53. The molecule has 19 heavy (non-hydrogen) atoms. The van der Waals surface area contributed by atoms with Crippen LogP contribution in [0.1, 0.15) is 24.5 Å². The molecule has 0 spiro atoms. The zero-order valence-electron chi connectivity index (χ0n) is 10.2. The van der Waals surface area contributed by atoms with Crippen LogP contribution in [0.5, 0.6) is 5.88 Å². The SMILES string of the molecule is COc1ccc(-c2nc(=S)c(Br)c(C3CC3)[nH]2)nn1. The van der Waals surface area contributed by atoms with Crippen LogP contribution in [0.3, 0.4) is 0 Å². The number of halogens is 1. The molecule has 0 atom stereocenters. The van der Waals surface area contributed by atoms with Gasteiger partial charge in [-0.2, -0.15) is 0 Å². The van der Waals surface area contributed by atoms with Crippen LogP contribution in [-0.2, 0) is 0 Å². The van der Waals surface area contributed by atoms with Crippen LogP contribution < -0.4 is 4.74 Å². The standard InChI is InChI=1S/C12H11BrN4OS/c1-18-8-5-4-7(16-17-8)11-14-10(6-2-3-6)9(13)12(19)15-11/h4-6H,2-3H2,1H3,(H,14,15,19). The number of hydrogen-bond donors (Lipinski definition) is 1. The molecule has 2 heterocycles. The maximum atomic E-state index is 5.27. The number of aromatic nitrogens is 4. The summed E-state index contributed by atoms with van der Waals surface area (Å²) in [7, 11) is 1.56. The van der Waals surface area contributed by atoms with Gasteiger partial charge in [0.25, 0.3) is 0 Å². The highest BCUT2D eigenvalue weighted by molar-refractivity contribution is 9.10. The van der Waals surface area contributed by atoms with Crippen molar-refractivity contribution >= 4 is 28.1 Å².